The van der Waals surface area contributed by atoms with Gasteiger partial charge in [-0.1, -0.05) is 13.8 Å². The quantitative estimate of drug-likeness (QED) is 0.785. The highest BCUT2D eigenvalue weighted by Crippen LogP contribution is 2.26. The van der Waals surface area contributed by atoms with Crippen LogP contribution in [0.2, 0.25) is 0 Å². The van der Waals surface area contributed by atoms with Crippen LogP contribution in [0.4, 0.5) is 0 Å². The average Bonchev–Trinajstić information content (AvgIpc) is 2.80. The number of hydrogen-bond donors (Lipinski definition) is 0. The number of rotatable bonds is 1. The molecule has 2 unspecified atom stereocenters. The van der Waals surface area contributed by atoms with Crippen LogP contribution in [-0.2, 0) is 6.54 Å². The lowest BCUT2D eigenvalue weighted by atomic mass is 10.3. The number of aryl methyl sites for hydroxylation is 1. The van der Waals surface area contributed by atoms with Crippen LogP contribution in [0, 0.1) is 0 Å². The molecule has 1 aromatic heterocycles. The summed E-state index contributed by atoms with van der Waals surface area (Å²) in [7, 11) is 0. The maximum atomic E-state index is 12.5. The third-order valence-corrected chi connectivity index (χ3v) is 4.66. The van der Waals surface area contributed by atoms with Gasteiger partial charge in [0.1, 0.15) is 0 Å². The van der Waals surface area contributed by atoms with Crippen LogP contribution in [0.15, 0.2) is 6.07 Å². The minimum absolute atomic E-state index is 0.0319. The third-order valence-electron chi connectivity index (χ3n) is 3.43. The molecule has 2 aliphatic heterocycles. The van der Waals surface area contributed by atoms with Gasteiger partial charge in [-0.2, -0.15) is 16.9 Å². The highest BCUT2D eigenvalue weighted by Gasteiger charge is 2.29. The van der Waals surface area contributed by atoms with E-state index in [-0.39, 0.29) is 5.91 Å². The first-order valence-corrected chi connectivity index (χ1v) is 7.73. The van der Waals surface area contributed by atoms with E-state index in [1.54, 1.807) is 10.7 Å². The number of aromatic nitrogens is 2. The molecule has 6 heteroatoms. The molecule has 5 nitrogen and oxygen atoms in total. The highest BCUT2D eigenvalue weighted by atomic mass is 32.2. The largest absolute Gasteiger partial charge is 0.478 e. The Hall–Kier alpha value is -1.17. The molecule has 1 amide bonds. The SMILES string of the molecule is CC1CN(C(=O)c2cc3n(n2)CCCO3)CC(C)S1. The topological polar surface area (TPSA) is 47.4 Å². The van der Waals surface area contributed by atoms with Gasteiger partial charge in [0.2, 0.25) is 5.88 Å². The van der Waals surface area contributed by atoms with E-state index in [1.807, 2.05) is 16.7 Å². The second-order valence-electron chi connectivity index (χ2n) is 5.26. The molecular weight excluding hydrogens is 262 g/mol. The number of carbonyl (C=O) groups excluding carboxylic acids is 1. The summed E-state index contributed by atoms with van der Waals surface area (Å²) < 4.78 is 7.30. The lowest BCUT2D eigenvalue weighted by molar-refractivity contribution is 0.0746. The molecule has 1 aromatic rings. The molecular formula is C13H19N3O2S. The summed E-state index contributed by atoms with van der Waals surface area (Å²) in [5.74, 6) is 0.756. The smallest absolute Gasteiger partial charge is 0.274 e. The number of thioether (sulfide) groups is 1. The molecule has 2 atom stereocenters. The van der Waals surface area contributed by atoms with Gasteiger partial charge in [0.25, 0.3) is 5.91 Å². The van der Waals surface area contributed by atoms with Crippen molar-refractivity contribution in [3.63, 3.8) is 0 Å². The van der Waals surface area contributed by atoms with Crippen molar-refractivity contribution >= 4 is 17.7 Å². The van der Waals surface area contributed by atoms with Gasteiger partial charge in [-0.3, -0.25) is 4.79 Å². The third kappa shape index (κ3) is 2.59. The minimum atomic E-state index is 0.0319. The fourth-order valence-electron chi connectivity index (χ4n) is 2.68. The Morgan fingerprint density at radius 3 is 2.84 bits per heavy atom. The summed E-state index contributed by atoms with van der Waals surface area (Å²) >= 11 is 1.94. The minimum Gasteiger partial charge on any atom is -0.478 e. The molecule has 0 aliphatic carbocycles. The Balaban J connectivity index is 1.77. The molecule has 104 valence electrons. The van der Waals surface area contributed by atoms with Crippen molar-refractivity contribution < 1.29 is 9.53 Å². The molecule has 0 spiro atoms. The van der Waals surface area contributed by atoms with Gasteiger partial charge in [-0.15, -0.1) is 0 Å². The first-order chi connectivity index (χ1) is 9.13. The van der Waals surface area contributed by atoms with Crippen LogP contribution >= 0.6 is 11.8 Å². The Labute approximate surface area is 117 Å². The second kappa shape index (κ2) is 5.07. The first kappa shape index (κ1) is 12.8. The molecule has 0 aromatic carbocycles. The maximum Gasteiger partial charge on any atom is 0.274 e. The van der Waals surface area contributed by atoms with Crippen LogP contribution < -0.4 is 4.74 Å². The predicted octanol–water partition coefficient (Wildman–Crippen LogP) is 1.63. The Bertz CT molecular complexity index is 455. The number of hydrogen-bond acceptors (Lipinski definition) is 4. The molecule has 19 heavy (non-hydrogen) atoms. The molecule has 2 aliphatic rings. The van der Waals surface area contributed by atoms with Crippen molar-refractivity contribution in [2.75, 3.05) is 19.7 Å². The van der Waals surface area contributed by atoms with Gasteiger partial charge in [-0.05, 0) is 0 Å². The first-order valence-electron chi connectivity index (χ1n) is 6.79. The Kier molecular flexibility index (Phi) is 3.43. The lowest BCUT2D eigenvalue weighted by Crippen LogP contribution is -2.44. The summed E-state index contributed by atoms with van der Waals surface area (Å²) in [4.78, 5) is 14.4. The standard InChI is InChI=1S/C13H19N3O2S/c1-9-7-15(8-10(2)19-9)13(17)11-6-12-16(14-11)4-3-5-18-12/h6,9-10H,3-5,7-8H2,1-2H3. The van der Waals surface area contributed by atoms with E-state index in [0.29, 0.717) is 22.8 Å². The fourth-order valence-corrected chi connectivity index (χ4v) is 4.00. The van der Waals surface area contributed by atoms with E-state index in [1.165, 1.54) is 0 Å². The number of nitrogens with zero attached hydrogens (tertiary/aromatic N) is 3. The molecule has 1 saturated heterocycles. The molecule has 0 saturated carbocycles. The van der Waals surface area contributed by atoms with Crippen LogP contribution in [0.3, 0.4) is 0 Å². The van der Waals surface area contributed by atoms with Gasteiger partial charge in [0, 0.05) is 42.6 Å². The second-order valence-corrected chi connectivity index (χ2v) is 7.14. The molecule has 3 rings (SSSR count). The monoisotopic (exact) mass is 281 g/mol. The normalized spacial score (nSPS) is 26.7. The Morgan fingerprint density at radius 2 is 2.16 bits per heavy atom. The summed E-state index contributed by atoms with van der Waals surface area (Å²) in [6.07, 6.45) is 0.955. The zero-order valence-corrected chi connectivity index (χ0v) is 12.2. The van der Waals surface area contributed by atoms with Gasteiger partial charge >= 0.3 is 0 Å². The molecule has 0 bridgehead atoms. The maximum absolute atomic E-state index is 12.5. The van der Waals surface area contributed by atoms with E-state index in [0.717, 1.165) is 31.9 Å². The van der Waals surface area contributed by atoms with E-state index in [9.17, 15) is 4.79 Å². The predicted molar refractivity (Wildman–Crippen MR) is 74.8 cm³/mol. The zero-order valence-electron chi connectivity index (χ0n) is 11.3. The van der Waals surface area contributed by atoms with Crippen molar-refractivity contribution in [3.8, 4) is 5.88 Å². The van der Waals surface area contributed by atoms with Crippen molar-refractivity contribution in [3.05, 3.63) is 11.8 Å². The van der Waals surface area contributed by atoms with E-state index in [2.05, 4.69) is 18.9 Å². The number of carbonyl (C=O) groups is 1. The highest BCUT2D eigenvalue weighted by molar-refractivity contribution is 8.00. The van der Waals surface area contributed by atoms with Crippen molar-refractivity contribution in [1.82, 2.24) is 14.7 Å². The van der Waals surface area contributed by atoms with Gasteiger partial charge in [0.05, 0.1) is 6.61 Å². The summed E-state index contributed by atoms with van der Waals surface area (Å²) in [6, 6.07) is 1.78. The van der Waals surface area contributed by atoms with Crippen molar-refractivity contribution in [2.45, 2.75) is 37.3 Å². The number of amides is 1. The lowest BCUT2D eigenvalue weighted by Gasteiger charge is -2.34. The molecule has 0 radical (unpaired) electrons. The van der Waals surface area contributed by atoms with E-state index >= 15 is 0 Å². The van der Waals surface area contributed by atoms with Crippen LogP contribution in [0.5, 0.6) is 5.88 Å². The van der Waals surface area contributed by atoms with E-state index in [4.69, 9.17) is 4.74 Å². The van der Waals surface area contributed by atoms with Crippen molar-refractivity contribution in [1.29, 1.82) is 0 Å². The molecule has 3 heterocycles. The van der Waals surface area contributed by atoms with Gasteiger partial charge < -0.3 is 9.64 Å². The van der Waals surface area contributed by atoms with Crippen molar-refractivity contribution in [2.24, 2.45) is 0 Å². The van der Waals surface area contributed by atoms with Gasteiger partial charge in [0.15, 0.2) is 5.69 Å². The zero-order chi connectivity index (χ0) is 13.4. The molecule has 1 fully saturated rings. The summed E-state index contributed by atoms with van der Waals surface area (Å²) in [5, 5.41) is 5.34. The van der Waals surface area contributed by atoms with Crippen LogP contribution in [0.1, 0.15) is 30.8 Å². The van der Waals surface area contributed by atoms with E-state index < -0.39 is 0 Å². The number of fused-ring (bicyclic) bond motifs is 1. The Morgan fingerprint density at radius 1 is 1.42 bits per heavy atom. The van der Waals surface area contributed by atoms with Crippen LogP contribution in [-0.4, -0.2) is 50.8 Å². The fraction of sp³-hybridized carbons (Fsp3) is 0.692. The number of ether oxygens (including phenoxy) is 1. The average molecular weight is 281 g/mol. The summed E-state index contributed by atoms with van der Waals surface area (Å²) in [6.45, 7) is 7.50. The summed E-state index contributed by atoms with van der Waals surface area (Å²) in [5.41, 5.74) is 0.517. The molecule has 0 N–H and O–H groups in total. The van der Waals surface area contributed by atoms with Gasteiger partial charge in [-0.25, -0.2) is 4.68 Å². The van der Waals surface area contributed by atoms with Crippen LogP contribution in [0.25, 0.3) is 0 Å².